The maximum Gasteiger partial charge on any atom is 0.242 e. The number of carbonyl (C=O) groups is 1. The molecule has 1 amide bonds. The van der Waals surface area contributed by atoms with Crippen molar-refractivity contribution in [1.82, 2.24) is 10.2 Å². The summed E-state index contributed by atoms with van der Waals surface area (Å²) in [6.45, 7) is 2.40. The van der Waals surface area contributed by atoms with Crippen LogP contribution in [-0.4, -0.2) is 39.1 Å². The molecule has 0 heterocycles. The lowest BCUT2D eigenvalue weighted by Gasteiger charge is -2.24. The van der Waals surface area contributed by atoms with Crippen LogP contribution in [-0.2, 0) is 11.3 Å². The third-order valence-corrected chi connectivity index (χ3v) is 4.10. The van der Waals surface area contributed by atoms with E-state index in [1.165, 1.54) is 5.56 Å². The first kappa shape index (κ1) is 18.8. The van der Waals surface area contributed by atoms with Crippen LogP contribution in [0.3, 0.4) is 0 Å². The average molecular weight is 342 g/mol. The monoisotopic (exact) mass is 342 g/mol. The third-order valence-electron chi connectivity index (χ3n) is 4.10. The second kappa shape index (κ2) is 8.53. The molecule has 0 aliphatic carbocycles. The number of benzene rings is 2. The van der Waals surface area contributed by atoms with Crippen molar-refractivity contribution in [2.24, 2.45) is 0 Å². The zero-order valence-electron chi connectivity index (χ0n) is 15.5. The average Bonchev–Trinajstić information content (AvgIpc) is 2.61. The van der Waals surface area contributed by atoms with Crippen molar-refractivity contribution in [3.05, 3.63) is 59.2 Å². The topological polar surface area (TPSA) is 50.8 Å². The second-order valence-corrected chi connectivity index (χ2v) is 6.17. The van der Waals surface area contributed by atoms with Gasteiger partial charge in [0.05, 0.1) is 14.2 Å². The molecule has 2 aromatic carbocycles. The van der Waals surface area contributed by atoms with Crippen molar-refractivity contribution < 1.29 is 14.3 Å². The molecule has 0 aliphatic heterocycles. The zero-order valence-corrected chi connectivity index (χ0v) is 15.5. The molecule has 2 aromatic rings. The Morgan fingerprint density at radius 2 is 1.76 bits per heavy atom. The summed E-state index contributed by atoms with van der Waals surface area (Å²) >= 11 is 0. The highest BCUT2D eigenvalue weighted by atomic mass is 16.5. The lowest BCUT2D eigenvalue weighted by atomic mass is 10.0. The molecule has 0 aromatic heterocycles. The second-order valence-electron chi connectivity index (χ2n) is 6.17. The number of carbonyl (C=O) groups excluding carboxylic acids is 1. The number of ether oxygens (including phenoxy) is 2. The van der Waals surface area contributed by atoms with Gasteiger partial charge < -0.3 is 14.8 Å². The van der Waals surface area contributed by atoms with Gasteiger partial charge in [-0.2, -0.15) is 0 Å². The van der Waals surface area contributed by atoms with Crippen LogP contribution in [0, 0.1) is 6.92 Å². The fraction of sp³-hybridized carbons (Fsp3) is 0.350. The van der Waals surface area contributed by atoms with E-state index in [1.54, 1.807) is 14.2 Å². The van der Waals surface area contributed by atoms with Crippen molar-refractivity contribution in [2.45, 2.75) is 19.5 Å². The van der Waals surface area contributed by atoms with E-state index in [-0.39, 0.29) is 11.9 Å². The highest BCUT2D eigenvalue weighted by molar-refractivity contribution is 5.83. The Kier molecular flexibility index (Phi) is 6.42. The van der Waals surface area contributed by atoms with Crippen molar-refractivity contribution in [3.63, 3.8) is 0 Å². The van der Waals surface area contributed by atoms with Gasteiger partial charge in [-0.15, -0.1) is 0 Å². The molecule has 0 saturated heterocycles. The van der Waals surface area contributed by atoms with Gasteiger partial charge >= 0.3 is 0 Å². The van der Waals surface area contributed by atoms with Crippen LogP contribution in [0.25, 0.3) is 0 Å². The molecule has 25 heavy (non-hydrogen) atoms. The van der Waals surface area contributed by atoms with Crippen LogP contribution < -0.4 is 14.8 Å². The van der Waals surface area contributed by atoms with Crippen molar-refractivity contribution in [2.75, 3.05) is 28.3 Å². The van der Waals surface area contributed by atoms with Crippen LogP contribution in [0.4, 0.5) is 0 Å². The number of rotatable bonds is 7. The molecular formula is C20H26N2O3. The van der Waals surface area contributed by atoms with E-state index >= 15 is 0 Å². The molecule has 1 atom stereocenters. The largest absolute Gasteiger partial charge is 0.497 e. The maximum absolute atomic E-state index is 12.8. The molecule has 0 bridgehead atoms. The van der Waals surface area contributed by atoms with Gasteiger partial charge in [0.2, 0.25) is 5.91 Å². The van der Waals surface area contributed by atoms with E-state index in [0.29, 0.717) is 6.54 Å². The number of hydrogen-bond donors (Lipinski definition) is 1. The summed E-state index contributed by atoms with van der Waals surface area (Å²) in [7, 11) is 7.03. The summed E-state index contributed by atoms with van der Waals surface area (Å²) in [5.41, 5.74) is 3.00. The van der Waals surface area contributed by atoms with E-state index in [9.17, 15) is 4.79 Å². The Labute approximate surface area is 149 Å². The first-order chi connectivity index (χ1) is 12.0. The van der Waals surface area contributed by atoms with Gasteiger partial charge in [0.25, 0.3) is 0 Å². The van der Waals surface area contributed by atoms with Crippen LogP contribution in [0.2, 0.25) is 0 Å². The predicted molar refractivity (Wildman–Crippen MR) is 99.0 cm³/mol. The first-order valence-electron chi connectivity index (χ1n) is 8.18. The normalized spacial score (nSPS) is 11.9. The summed E-state index contributed by atoms with van der Waals surface area (Å²) in [5.74, 6) is 1.39. The minimum Gasteiger partial charge on any atom is -0.497 e. The van der Waals surface area contributed by atoms with E-state index in [1.807, 2.05) is 68.4 Å². The van der Waals surface area contributed by atoms with E-state index in [4.69, 9.17) is 9.47 Å². The van der Waals surface area contributed by atoms with Gasteiger partial charge in [0, 0.05) is 12.1 Å². The van der Waals surface area contributed by atoms with Gasteiger partial charge in [0.1, 0.15) is 17.5 Å². The van der Waals surface area contributed by atoms with Crippen molar-refractivity contribution in [3.8, 4) is 11.5 Å². The SMILES string of the molecule is COc1ccc(OC)c(CNC(=O)C(c2ccc(C)cc2)N(C)C)c1. The van der Waals surface area contributed by atoms with E-state index in [2.05, 4.69) is 5.32 Å². The summed E-state index contributed by atoms with van der Waals surface area (Å²) in [6, 6.07) is 13.2. The zero-order chi connectivity index (χ0) is 18.4. The Morgan fingerprint density at radius 1 is 1.08 bits per heavy atom. The molecule has 5 nitrogen and oxygen atoms in total. The molecule has 0 aliphatic rings. The third kappa shape index (κ3) is 4.73. The Hall–Kier alpha value is -2.53. The maximum atomic E-state index is 12.8. The number of aryl methyl sites for hydroxylation is 1. The standard InChI is InChI=1S/C20H26N2O3/c1-14-6-8-15(9-7-14)19(22(2)3)20(23)21-13-16-12-17(24-4)10-11-18(16)25-5/h6-12,19H,13H2,1-5H3,(H,21,23). The molecule has 0 spiro atoms. The van der Waals surface area contributed by atoms with E-state index in [0.717, 1.165) is 22.6 Å². The number of amides is 1. The highest BCUT2D eigenvalue weighted by Gasteiger charge is 2.22. The minimum absolute atomic E-state index is 0.0567. The molecule has 134 valence electrons. The Bertz CT molecular complexity index is 711. The Balaban J connectivity index is 2.15. The molecule has 0 radical (unpaired) electrons. The lowest BCUT2D eigenvalue weighted by molar-refractivity contribution is -0.125. The van der Waals surface area contributed by atoms with Crippen LogP contribution in [0.5, 0.6) is 11.5 Å². The molecule has 0 saturated carbocycles. The van der Waals surface area contributed by atoms with Gasteiger partial charge in [-0.3, -0.25) is 9.69 Å². The quantitative estimate of drug-likeness (QED) is 0.840. The first-order valence-corrected chi connectivity index (χ1v) is 8.18. The van der Waals surface area contributed by atoms with Gasteiger partial charge in [-0.1, -0.05) is 29.8 Å². The molecular weight excluding hydrogens is 316 g/mol. The number of nitrogens with one attached hydrogen (secondary N) is 1. The number of likely N-dealkylation sites (N-methyl/N-ethyl adjacent to an activating group) is 1. The van der Waals surface area contributed by atoms with Crippen molar-refractivity contribution in [1.29, 1.82) is 0 Å². The highest BCUT2D eigenvalue weighted by Crippen LogP contribution is 2.24. The molecule has 1 unspecified atom stereocenters. The number of methoxy groups -OCH3 is 2. The molecule has 2 rings (SSSR count). The van der Waals surface area contributed by atoms with Crippen molar-refractivity contribution >= 4 is 5.91 Å². The minimum atomic E-state index is -0.350. The predicted octanol–water partition coefficient (Wildman–Crippen LogP) is 2.93. The fourth-order valence-electron chi connectivity index (χ4n) is 2.73. The fourth-order valence-corrected chi connectivity index (χ4v) is 2.73. The molecule has 1 N–H and O–H groups in total. The number of nitrogens with zero attached hydrogens (tertiary/aromatic N) is 1. The molecule has 0 fully saturated rings. The number of hydrogen-bond acceptors (Lipinski definition) is 4. The van der Waals surface area contributed by atoms with Crippen LogP contribution in [0.1, 0.15) is 22.7 Å². The summed E-state index contributed by atoms with van der Waals surface area (Å²) < 4.78 is 10.6. The van der Waals surface area contributed by atoms with Gasteiger partial charge in [0.15, 0.2) is 0 Å². The van der Waals surface area contributed by atoms with Crippen LogP contribution >= 0.6 is 0 Å². The summed E-state index contributed by atoms with van der Waals surface area (Å²) in [4.78, 5) is 14.7. The summed E-state index contributed by atoms with van der Waals surface area (Å²) in [5, 5.41) is 3.00. The van der Waals surface area contributed by atoms with Gasteiger partial charge in [-0.25, -0.2) is 0 Å². The van der Waals surface area contributed by atoms with E-state index < -0.39 is 0 Å². The lowest BCUT2D eigenvalue weighted by Crippen LogP contribution is -2.36. The Morgan fingerprint density at radius 3 is 2.32 bits per heavy atom. The van der Waals surface area contributed by atoms with Crippen LogP contribution in [0.15, 0.2) is 42.5 Å². The molecule has 5 heteroatoms. The summed E-state index contributed by atoms with van der Waals surface area (Å²) in [6.07, 6.45) is 0. The van der Waals surface area contributed by atoms with Gasteiger partial charge in [-0.05, 0) is 44.8 Å². The smallest absolute Gasteiger partial charge is 0.242 e.